The molecular weight excluding hydrogens is 258 g/mol. The van der Waals surface area contributed by atoms with Gasteiger partial charge >= 0.3 is 0 Å². The Balaban J connectivity index is 1.66. The smallest absolute Gasteiger partial charge is 0.240 e. The maximum absolute atomic E-state index is 5.23. The van der Waals surface area contributed by atoms with Gasteiger partial charge in [0.15, 0.2) is 0 Å². The fraction of sp³-hybridized carbons (Fsp3) is 0.538. The monoisotopic (exact) mass is 275 g/mol. The third-order valence-electron chi connectivity index (χ3n) is 3.45. The zero-order valence-electron chi connectivity index (χ0n) is 11.4. The number of methoxy groups -OCH3 is 1. The molecule has 0 aromatic carbocycles. The topological polar surface area (TPSA) is 86.0 Å². The van der Waals surface area contributed by atoms with E-state index >= 15 is 0 Å². The van der Waals surface area contributed by atoms with E-state index in [0.717, 1.165) is 0 Å². The van der Waals surface area contributed by atoms with Gasteiger partial charge in [-0.15, -0.1) is 0 Å². The van der Waals surface area contributed by atoms with Crippen LogP contribution in [0.3, 0.4) is 0 Å². The number of hydrogen-bond donors (Lipinski definition) is 1. The lowest BCUT2D eigenvalue weighted by molar-refractivity contribution is 0.357. The Hall–Kier alpha value is -2.02. The lowest BCUT2D eigenvalue weighted by Gasteiger charge is -2.08. The molecule has 0 aliphatic heterocycles. The van der Waals surface area contributed by atoms with Crippen molar-refractivity contribution in [1.82, 2.24) is 25.4 Å². The first-order valence-corrected chi connectivity index (χ1v) is 6.77. The summed E-state index contributed by atoms with van der Waals surface area (Å²) in [5.74, 6) is 1.50. The van der Waals surface area contributed by atoms with Crippen LogP contribution in [0.2, 0.25) is 0 Å². The van der Waals surface area contributed by atoms with Crippen LogP contribution in [-0.2, 0) is 6.54 Å². The molecule has 1 N–H and O–H groups in total. The molecule has 1 saturated carbocycles. The van der Waals surface area contributed by atoms with E-state index in [9.17, 15) is 0 Å². The third-order valence-corrected chi connectivity index (χ3v) is 3.45. The molecule has 1 aliphatic carbocycles. The van der Waals surface area contributed by atoms with Crippen LogP contribution in [0.1, 0.15) is 31.6 Å². The van der Waals surface area contributed by atoms with Gasteiger partial charge in [-0.3, -0.25) is 0 Å². The van der Waals surface area contributed by atoms with Crippen molar-refractivity contribution in [3.05, 3.63) is 18.3 Å². The van der Waals surface area contributed by atoms with Crippen LogP contribution in [-0.4, -0.2) is 33.3 Å². The molecule has 0 spiro atoms. The van der Waals surface area contributed by atoms with E-state index in [0.29, 0.717) is 35.9 Å². The van der Waals surface area contributed by atoms with Crippen LogP contribution >= 0.6 is 0 Å². The quantitative estimate of drug-likeness (QED) is 0.886. The average Bonchev–Trinajstić information content (AvgIpc) is 3.16. The SMILES string of the molecule is COc1cc(-c2noc(CNC3CCCC3)n2)ncn1. The van der Waals surface area contributed by atoms with Crippen LogP contribution in [0.4, 0.5) is 0 Å². The molecule has 0 unspecified atom stereocenters. The highest BCUT2D eigenvalue weighted by atomic mass is 16.5. The summed E-state index contributed by atoms with van der Waals surface area (Å²) in [4.78, 5) is 12.4. The van der Waals surface area contributed by atoms with Crippen molar-refractivity contribution in [3.8, 4) is 17.4 Å². The Bertz CT molecular complexity index is 565. The molecule has 3 rings (SSSR count). The van der Waals surface area contributed by atoms with Crippen molar-refractivity contribution in [3.63, 3.8) is 0 Å². The van der Waals surface area contributed by atoms with Gasteiger partial charge in [0.25, 0.3) is 0 Å². The number of nitrogens with one attached hydrogen (secondary N) is 1. The van der Waals surface area contributed by atoms with E-state index in [4.69, 9.17) is 9.26 Å². The molecule has 106 valence electrons. The maximum Gasteiger partial charge on any atom is 0.240 e. The van der Waals surface area contributed by atoms with E-state index in [1.54, 1.807) is 13.2 Å². The van der Waals surface area contributed by atoms with Gasteiger partial charge in [-0.1, -0.05) is 18.0 Å². The number of hydrogen-bond acceptors (Lipinski definition) is 7. The number of rotatable bonds is 5. The number of ether oxygens (including phenoxy) is 1. The normalized spacial score (nSPS) is 15.7. The van der Waals surface area contributed by atoms with Gasteiger partial charge in [-0.25, -0.2) is 9.97 Å². The molecule has 0 bridgehead atoms. The highest BCUT2D eigenvalue weighted by molar-refractivity contribution is 5.48. The van der Waals surface area contributed by atoms with E-state index in [2.05, 4.69) is 25.4 Å². The Morgan fingerprint density at radius 3 is 3.00 bits per heavy atom. The minimum atomic E-state index is 0.453. The Morgan fingerprint density at radius 1 is 1.35 bits per heavy atom. The van der Waals surface area contributed by atoms with Gasteiger partial charge < -0.3 is 14.6 Å². The summed E-state index contributed by atoms with van der Waals surface area (Å²) in [6, 6.07) is 2.25. The molecule has 0 radical (unpaired) electrons. The van der Waals surface area contributed by atoms with Crippen molar-refractivity contribution in [2.24, 2.45) is 0 Å². The maximum atomic E-state index is 5.23. The van der Waals surface area contributed by atoms with Gasteiger partial charge in [0, 0.05) is 12.1 Å². The lowest BCUT2D eigenvalue weighted by atomic mass is 10.2. The summed E-state index contributed by atoms with van der Waals surface area (Å²) >= 11 is 0. The molecule has 7 nitrogen and oxygen atoms in total. The van der Waals surface area contributed by atoms with Crippen molar-refractivity contribution >= 4 is 0 Å². The van der Waals surface area contributed by atoms with E-state index in [-0.39, 0.29) is 0 Å². The van der Waals surface area contributed by atoms with Crippen molar-refractivity contribution in [2.45, 2.75) is 38.3 Å². The Morgan fingerprint density at radius 2 is 2.20 bits per heavy atom. The second kappa shape index (κ2) is 5.96. The summed E-state index contributed by atoms with van der Waals surface area (Å²) in [7, 11) is 1.55. The van der Waals surface area contributed by atoms with E-state index in [1.807, 2.05) is 0 Å². The second-order valence-electron chi connectivity index (χ2n) is 4.82. The molecular formula is C13H17N5O2. The Labute approximate surface area is 116 Å². The zero-order chi connectivity index (χ0) is 13.8. The predicted octanol–water partition coefficient (Wildman–Crippen LogP) is 1.57. The molecule has 1 aliphatic rings. The van der Waals surface area contributed by atoms with Crippen LogP contribution in [0.5, 0.6) is 5.88 Å². The number of nitrogens with zero attached hydrogens (tertiary/aromatic N) is 4. The molecule has 7 heteroatoms. The Kier molecular flexibility index (Phi) is 3.87. The first-order valence-electron chi connectivity index (χ1n) is 6.77. The molecule has 2 aromatic rings. The average molecular weight is 275 g/mol. The van der Waals surface area contributed by atoms with Crippen LogP contribution in [0.25, 0.3) is 11.5 Å². The first-order chi connectivity index (χ1) is 9.85. The lowest BCUT2D eigenvalue weighted by Crippen LogP contribution is -2.25. The molecule has 2 heterocycles. The zero-order valence-corrected chi connectivity index (χ0v) is 11.4. The fourth-order valence-electron chi connectivity index (χ4n) is 2.37. The molecule has 0 saturated heterocycles. The second-order valence-corrected chi connectivity index (χ2v) is 4.82. The summed E-state index contributed by atoms with van der Waals surface area (Å²) in [5.41, 5.74) is 0.590. The van der Waals surface area contributed by atoms with Crippen LogP contribution in [0.15, 0.2) is 16.9 Å². The van der Waals surface area contributed by atoms with Crippen LogP contribution in [0, 0.1) is 0 Å². The highest BCUT2D eigenvalue weighted by Gasteiger charge is 2.16. The van der Waals surface area contributed by atoms with Gasteiger partial charge in [0.05, 0.1) is 13.7 Å². The minimum Gasteiger partial charge on any atom is -0.481 e. The third kappa shape index (κ3) is 2.93. The van der Waals surface area contributed by atoms with Gasteiger partial charge in [-0.2, -0.15) is 4.98 Å². The summed E-state index contributed by atoms with van der Waals surface area (Å²) < 4.78 is 10.3. The van der Waals surface area contributed by atoms with E-state index < -0.39 is 0 Å². The minimum absolute atomic E-state index is 0.453. The summed E-state index contributed by atoms with van der Waals surface area (Å²) in [6.07, 6.45) is 6.47. The molecule has 0 atom stereocenters. The highest BCUT2D eigenvalue weighted by Crippen LogP contribution is 2.19. The van der Waals surface area contributed by atoms with Crippen LogP contribution < -0.4 is 10.1 Å². The number of aromatic nitrogens is 4. The van der Waals surface area contributed by atoms with Gasteiger partial charge in [0.2, 0.25) is 17.6 Å². The largest absolute Gasteiger partial charge is 0.481 e. The predicted molar refractivity (Wildman–Crippen MR) is 71.0 cm³/mol. The standard InChI is InChI=1S/C13H17N5O2/c1-19-11-6-10(15-8-16-11)13-17-12(20-18-13)7-14-9-4-2-3-5-9/h6,8-9,14H,2-5,7H2,1H3. The summed E-state index contributed by atoms with van der Waals surface area (Å²) in [5, 5.41) is 7.37. The molecule has 20 heavy (non-hydrogen) atoms. The van der Waals surface area contributed by atoms with Crippen molar-refractivity contribution < 1.29 is 9.26 Å². The molecule has 2 aromatic heterocycles. The summed E-state index contributed by atoms with van der Waals surface area (Å²) in [6.45, 7) is 0.597. The van der Waals surface area contributed by atoms with E-state index in [1.165, 1.54) is 32.0 Å². The molecule has 1 fully saturated rings. The van der Waals surface area contributed by atoms with Crippen molar-refractivity contribution in [2.75, 3.05) is 7.11 Å². The molecule has 0 amide bonds. The van der Waals surface area contributed by atoms with Gasteiger partial charge in [0.1, 0.15) is 12.0 Å². The van der Waals surface area contributed by atoms with Gasteiger partial charge in [-0.05, 0) is 12.8 Å². The fourth-order valence-corrected chi connectivity index (χ4v) is 2.37. The van der Waals surface area contributed by atoms with Crippen molar-refractivity contribution in [1.29, 1.82) is 0 Å². The first kappa shape index (κ1) is 13.0.